The van der Waals surface area contributed by atoms with E-state index in [4.69, 9.17) is 0 Å². The minimum Gasteiger partial charge on any atom is -0.298 e. The van der Waals surface area contributed by atoms with Crippen LogP contribution < -0.4 is 0 Å². The number of piperidine rings is 1. The summed E-state index contributed by atoms with van der Waals surface area (Å²) >= 11 is 0. The van der Waals surface area contributed by atoms with Crippen molar-refractivity contribution in [3.63, 3.8) is 0 Å². The van der Waals surface area contributed by atoms with Gasteiger partial charge < -0.3 is 0 Å². The van der Waals surface area contributed by atoms with Crippen LogP contribution in [0.3, 0.4) is 0 Å². The topological polar surface area (TPSA) is 20.3 Å². The summed E-state index contributed by atoms with van der Waals surface area (Å²) in [6, 6.07) is 1.26. The summed E-state index contributed by atoms with van der Waals surface area (Å²) in [6.07, 6.45) is 4.46. The number of likely N-dealkylation sites (tertiary alicyclic amines) is 1. The minimum atomic E-state index is 0.116. The molecule has 2 heteroatoms. The van der Waals surface area contributed by atoms with Crippen molar-refractivity contribution in [1.29, 1.82) is 0 Å². The van der Waals surface area contributed by atoms with E-state index in [1.165, 1.54) is 19.3 Å². The van der Waals surface area contributed by atoms with Crippen molar-refractivity contribution in [2.75, 3.05) is 0 Å². The molecule has 1 unspecified atom stereocenters. The van der Waals surface area contributed by atoms with Crippen LogP contribution in [0, 0.1) is 0 Å². The van der Waals surface area contributed by atoms with Gasteiger partial charge in [-0.2, -0.15) is 0 Å². The second-order valence-electron chi connectivity index (χ2n) is 4.57. The highest BCUT2D eigenvalue weighted by Gasteiger charge is 2.31. The van der Waals surface area contributed by atoms with Crippen molar-refractivity contribution < 1.29 is 4.79 Å². The highest BCUT2D eigenvalue weighted by molar-refractivity contribution is 5.83. The van der Waals surface area contributed by atoms with Gasteiger partial charge in [0, 0.05) is 18.5 Å². The lowest BCUT2D eigenvalue weighted by atomic mass is 9.94. The zero-order chi connectivity index (χ0) is 10.7. The lowest BCUT2D eigenvalue weighted by Crippen LogP contribution is -2.51. The Morgan fingerprint density at radius 1 is 1.36 bits per heavy atom. The fourth-order valence-electron chi connectivity index (χ4n) is 2.67. The lowest BCUT2D eigenvalue weighted by molar-refractivity contribution is -0.126. The number of carbonyl (C=O) groups excluding carboxylic acids is 1. The van der Waals surface area contributed by atoms with Gasteiger partial charge in [-0.3, -0.25) is 9.69 Å². The molecule has 0 aromatic carbocycles. The molecule has 1 rings (SSSR count). The molecular formula is C12H23NO. The molecule has 0 aromatic heterocycles. The molecule has 0 radical (unpaired) electrons. The Morgan fingerprint density at radius 2 is 1.86 bits per heavy atom. The first-order valence-electron chi connectivity index (χ1n) is 5.88. The Hall–Kier alpha value is -0.370. The van der Waals surface area contributed by atoms with Crippen molar-refractivity contribution in [3.8, 4) is 0 Å². The third-order valence-electron chi connectivity index (χ3n) is 3.52. The summed E-state index contributed by atoms with van der Waals surface area (Å²) in [5.41, 5.74) is 0. The molecule has 0 amide bonds. The molecule has 0 aliphatic carbocycles. The molecule has 14 heavy (non-hydrogen) atoms. The molecule has 0 aromatic rings. The molecule has 3 atom stereocenters. The van der Waals surface area contributed by atoms with E-state index >= 15 is 0 Å². The van der Waals surface area contributed by atoms with Crippen LogP contribution in [-0.4, -0.2) is 28.8 Å². The molecule has 1 fully saturated rings. The summed E-state index contributed by atoms with van der Waals surface area (Å²) in [6.45, 7) is 8.51. The van der Waals surface area contributed by atoms with E-state index in [0.717, 1.165) is 0 Å². The van der Waals surface area contributed by atoms with E-state index in [9.17, 15) is 4.79 Å². The Bertz CT molecular complexity index is 192. The van der Waals surface area contributed by atoms with Crippen molar-refractivity contribution >= 4 is 5.78 Å². The second-order valence-corrected chi connectivity index (χ2v) is 4.57. The van der Waals surface area contributed by atoms with Gasteiger partial charge in [0.1, 0.15) is 5.78 Å². The van der Waals surface area contributed by atoms with Gasteiger partial charge in [0.25, 0.3) is 0 Å². The van der Waals surface area contributed by atoms with Crippen molar-refractivity contribution in [2.24, 2.45) is 0 Å². The van der Waals surface area contributed by atoms with Gasteiger partial charge in [-0.05, 0) is 33.6 Å². The van der Waals surface area contributed by atoms with Gasteiger partial charge in [0.2, 0.25) is 0 Å². The highest BCUT2D eigenvalue weighted by Crippen LogP contribution is 2.25. The van der Waals surface area contributed by atoms with Crippen LogP contribution in [0.25, 0.3) is 0 Å². The molecule has 0 spiro atoms. The predicted octanol–water partition coefficient (Wildman–Crippen LogP) is 2.62. The van der Waals surface area contributed by atoms with E-state index < -0.39 is 0 Å². The van der Waals surface area contributed by atoms with Gasteiger partial charge in [-0.25, -0.2) is 0 Å². The molecule has 82 valence electrons. The Morgan fingerprint density at radius 3 is 2.29 bits per heavy atom. The van der Waals surface area contributed by atoms with Crippen molar-refractivity contribution in [3.05, 3.63) is 0 Å². The Balaban J connectivity index is 2.67. The van der Waals surface area contributed by atoms with Gasteiger partial charge >= 0.3 is 0 Å². The smallest absolute Gasteiger partial charge is 0.149 e. The largest absolute Gasteiger partial charge is 0.298 e. The minimum absolute atomic E-state index is 0.116. The maximum Gasteiger partial charge on any atom is 0.149 e. The Kier molecular flexibility index (Phi) is 4.11. The van der Waals surface area contributed by atoms with E-state index in [1.54, 1.807) is 0 Å². The molecule has 0 saturated carbocycles. The summed E-state index contributed by atoms with van der Waals surface area (Å²) in [7, 11) is 0. The summed E-state index contributed by atoms with van der Waals surface area (Å²) < 4.78 is 0. The molecule has 1 aliphatic rings. The fourth-order valence-corrected chi connectivity index (χ4v) is 2.67. The van der Waals surface area contributed by atoms with E-state index in [2.05, 4.69) is 25.7 Å². The van der Waals surface area contributed by atoms with Crippen LogP contribution in [0.1, 0.15) is 53.4 Å². The van der Waals surface area contributed by atoms with Crippen LogP contribution in [-0.2, 0) is 4.79 Å². The number of carbonyl (C=O) groups is 1. The van der Waals surface area contributed by atoms with Crippen LogP contribution in [0.15, 0.2) is 0 Å². The zero-order valence-corrected chi connectivity index (χ0v) is 9.92. The molecule has 0 N–H and O–H groups in total. The monoisotopic (exact) mass is 197 g/mol. The zero-order valence-electron chi connectivity index (χ0n) is 9.92. The second kappa shape index (κ2) is 4.92. The van der Waals surface area contributed by atoms with Crippen LogP contribution >= 0.6 is 0 Å². The third-order valence-corrected chi connectivity index (χ3v) is 3.52. The standard InChI is InChI=1S/C12H23NO/c1-5-12(14)11(4)13-9(2)7-6-8-10(13)3/h9-11H,5-8H2,1-4H3/t9-,10+,11?. The molecular weight excluding hydrogens is 174 g/mol. The SMILES string of the molecule is CCC(=O)C(C)N1[C@H](C)CCC[C@@H]1C. The number of nitrogens with zero attached hydrogens (tertiary/aromatic N) is 1. The number of Topliss-reactive ketones (excluding diaryl/α,β-unsaturated/α-hetero) is 1. The fraction of sp³-hybridized carbons (Fsp3) is 0.917. The van der Waals surface area contributed by atoms with Gasteiger partial charge in [0.15, 0.2) is 0 Å². The van der Waals surface area contributed by atoms with Gasteiger partial charge in [-0.15, -0.1) is 0 Å². The van der Waals surface area contributed by atoms with E-state index in [0.29, 0.717) is 24.3 Å². The number of ketones is 1. The van der Waals surface area contributed by atoms with Crippen molar-refractivity contribution in [1.82, 2.24) is 4.90 Å². The average Bonchev–Trinajstić information content (AvgIpc) is 2.16. The molecule has 2 nitrogen and oxygen atoms in total. The third kappa shape index (κ3) is 2.35. The maximum atomic E-state index is 11.7. The first-order valence-corrected chi connectivity index (χ1v) is 5.88. The van der Waals surface area contributed by atoms with E-state index in [1.807, 2.05) is 6.92 Å². The lowest BCUT2D eigenvalue weighted by Gasteiger charge is -2.42. The molecule has 1 heterocycles. The summed E-state index contributed by atoms with van der Waals surface area (Å²) in [5, 5.41) is 0. The Labute approximate surface area is 87.7 Å². The normalized spacial score (nSPS) is 31.4. The average molecular weight is 197 g/mol. The van der Waals surface area contributed by atoms with Crippen LogP contribution in [0.5, 0.6) is 0 Å². The highest BCUT2D eigenvalue weighted by atomic mass is 16.1. The summed E-state index contributed by atoms with van der Waals surface area (Å²) in [5.74, 6) is 0.380. The number of hydrogen-bond donors (Lipinski definition) is 0. The van der Waals surface area contributed by atoms with Gasteiger partial charge in [-0.1, -0.05) is 13.3 Å². The van der Waals surface area contributed by atoms with Crippen LogP contribution in [0.4, 0.5) is 0 Å². The maximum absolute atomic E-state index is 11.7. The van der Waals surface area contributed by atoms with Crippen LogP contribution in [0.2, 0.25) is 0 Å². The quantitative estimate of drug-likeness (QED) is 0.693. The first-order chi connectivity index (χ1) is 6.57. The number of rotatable bonds is 3. The van der Waals surface area contributed by atoms with Crippen molar-refractivity contribution in [2.45, 2.75) is 71.5 Å². The predicted molar refractivity (Wildman–Crippen MR) is 59.4 cm³/mol. The molecule has 0 bridgehead atoms. The molecule has 1 saturated heterocycles. The first kappa shape index (κ1) is 11.7. The summed E-state index contributed by atoms with van der Waals surface area (Å²) in [4.78, 5) is 14.1. The number of hydrogen-bond acceptors (Lipinski definition) is 2. The molecule has 1 aliphatic heterocycles. The van der Waals surface area contributed by atoms with E-state index in [-0.39, 0.29) is 6.04 Å². The van der Waals surface area contributed by atoms with Gasteiger partial charge in [0.05, 0.1) is 6.04 Å².